The Hall–Kier alpha value is -3.27. The number of hydrazone groups is 1. The van der Waals surface area contributed by atoms with Crippen LogP contribution in [0, 0.1) is 24.3 Å². The van der Waals surface area contributed by atoms with Crippen molar-refractivity contribution < 1.29 is 4.79 Å². The number of carbonyl (C=O) groups is 1. The minimum atomic E-state index is 0.0219. The molecule has 4 atom stereocenters. The van der Waals surface area contributed by atoms with Crippen LogP contribution in [0.25, 0.3) is 4.85 Å². The van der Waals surface area contributed by atoms with Gasteiger partial charge in [-0.25, -0.2) is 5.01 Å². The molecule has 29 heavy (non-hydrogen) atoms. The average molecular weight is 386 g/mol. The van der Waals surface area contributed by atoms with Gasteiger partial charge in [0.15, 0.2) is 0 Å². The van der Waals surface area contributed by atoms with Crippen LogP contribution in [-0.4, -0.2) is 40.2 Å². The number of hydrogen-bond acceptors (Lipinski definition) is 5. The van der Waals surface area contributed by atoms with Crippen LogP contribution in [0.4, 0.5) is 11.6 Å². The van der Waals surface area contributed by atoms with E-state index in [2.05, 4.69) is 36.9 Å². The Morgan fingerprint density at radius 1 is 1.10 bits per heavy atom. The first-order chi connectivity index (χ1) is 14.2. The lowest BCUT2D eigenvalue weighted by molar-refractivity contribution is -0.137. The lowest BCUT2D eigenvalue weighted by atomic mass is 10.0. The second-order valence-corrected chi connectivity index (χ2v) is 8.08. The summed E-state index contributed by atoms with van der Waals surface area (Å²) in [6, 6.07) is 11.9. The minimum absolute atomic E-state index is 0.0219. The van der Waals surface area contributed by atoms with Gasteiger partial charge in [-0.1, -0.05) is 36.9 Å². The number of aromatic nitrogens is 2. The molecule has 0 spiro atoms. The molecular weight excluding hydrogens is 364 g/mol. The second-order valence-electron chi connectivity index (χ2n) is 8.08. The summed E-state index contributed by atoms with van der Waals surface area (Å²) >= 11 is 0. The number of nitrogens with zero attached hydrogens (tertiary/aromatic N) is 6. The number of anilines is 1. The summed E-state index contributed by atoms with van der Waals surface area (Å²) in [5, 5.41) is 6.13. The Morgan fingerprint density at radius 3 is 2.59 bits per heavy atom. The number of hydrogen-bond donors (Lipinski definition) is 0. The van der Waals surface area contributed by atoms with Gasteiger partial charge in [0.25, 0.3) is 5.82 Å². The first kappa shape index (κ1) is 17.8. The largest absolute Gasteiger partial charge is 0.360 e. The van der Waals surface area contributed by atoms with E-state index in [0.717, 1.165) is 43.7 Å². The summed E-state index contributed by atoms with van der Waals surface area (Å²) in [5.41, 5.74) is 1.14. The van der Waals surface area contributed by atoms with Gasteiger partial charge >= 0.3 is 0 Å². The van der Waals surface area contributed by atoms with Gasteiger partial charge < -0.3 is 9.74 Å². The van der Waals surface area contributed by atoms with Crippen molar-refractivity contribution in [3.8, 4) is 0 Å². The highest BCUT2D eigenvalue weighted by Crippen LogP contribution is 2.44. The van der Waals surface area contributed by atoms with Crippen LogP contribution in [0.3, 0.4) is 0 Å². The molecule has 2 aliphatic heterocycles. The van der Waals surface area contributed by atoms with E-state index < -0.39 is 0 Å². The van der Waals surface area contributed by atoms with Crippen LogP contribution in [-0.2, 0) is 4.79 Å². The number of carbonyl (C=O) groups excluding carboxylic acids is 1. The summed E-state index contributed by atoms with van der Waals surface area (Å²) in [4.78, 5) is 27.2. The SMILES string of the molecule is [C-]#[N+]c1cc(N2C[C@H]3CC(C(=O)N4N=CC[C@@H]4c4ccccc4)C[C@H]3C2)ncn1. The van der Waals surface area contributed by atoms with Gasteiger partial charge in [0.1, 0.15) is 5.82 Å². The zero-order valence-electron chi connectivity index (χ0n) is 16.1. The van der Waals surface area contributed by atoms with Crippen molar-refractivity contribution in [1.82, 2.24) is 15.0 Å². The Labute approximate surface area is 169 Å². The topological polar surface area (TPSA) is 66.1 Å². The van der Waals surface area contributed by atoms with E-state index in [-0.39, 0.29) is 17.9 Å². The number of rotatable bonds is 3. The van der Waals surface area contributed by atoms with Gasteiger partial charge in [-0.2, -0.15) is 10.1 Å². The molecule has 0 bridgehead atoms. The number of fused-ring (bicyclic) bond motifs is 1. The first-order valence-corrected chi connectivity index (χ1v) is 10.1. The van der Waals surface area contributed by atoms with E-state index in [4.69, 9.17) is 6.57 Å². The Bertz CT molecular complexity index is 970. The normalized spacial score (nSPS) is 27.8. The molecule has 1 amide bonds. The van der Waals surface area contributed by atoms with Crippen LogP contribution in [0.1, 0.15) is 30.9 Å². The minimum Gasteiger partial charge on any atom is -0.360 e. The van der Waals surface area contributed by atoms with Crippen LogP contribution in [0.2, 0.25) is 0 Å². The Kier molecular flexibility index (Phi) is 4.47. The second kappa shape index (κ2) is 7.28. The molecule has 2 fully saturated rings. The molecule has 1 aromatic carbocycles. The molecule has 7 heteroatoms. The van der Waals surface area contributed by atoms with Gasteiger partial charge in [-0.05, 0) is 30.2 Å². The summed E-state index contributed by atoms with van der Waals surface area (Å²) in [7, 11) is 0. The van der Waals surface area contributed by atoms with Crippen LogP contribution < -0.4 is 4.90 Å². The Morgan fingerprint density at radius 2 is 1.86 bits per heavy atom. The summed E-state index contributed by atoms with van der Waals surface area (Å²) in [5.74, 6) is 2.35. The van der Waals surface area contributed by atoms with E-state index in [9.17, 15) is 4.79 Å². The van der Waals surface area contributed by atoms with Crippen molar-refractivity contribution in [2.75, 3.05) is 18.0 Å². The van der Waals surface area contributed by atoms with E-state index in [0.29, 0.717) is 17.7 Å². The van der Waals surface area contributed by atoms with Crippen molar-refractivity contribution in [3.05, 3.63) is 59.7 Å². The number of amides is 1. The zero-order chi connectivity index (χ0) is 19.8. The summed E-state index contributed by atoms with van der Waals surface area (Å²) < 4.78 is 0. The third-order valence-corrected chi connectivity index (χ3v) is 6.42. The molecule has 1 aliphatic carbocycles. The fraction of sp³-hybridized carbons (Fsp3) is 0.409. The van der Waals surface area contributed by atoms with Gasteiger partial charge in [0, 0.05) is 37.7 Å². The zero-order valence-corrected chi connectivity index (χ0v) is 16.1. The molecule has 5 rings (SSSR count). The van der Waals surface area contributed by atoms with Crippen LogP contribution >= 0.6 is 0 Å². The lowest BCUT2D eigenvalue weighted by Gasteiger charge is -2.26. The lowest BCUT2D eigenvalue weighted by Crippen LogP contribution is -2.33. The van der Waals surface area contributed by atoms with Crippen molar-refractivity contribution >= 4 is 23.8 Å². The van der Waals surface area contributed by atoms with Crippen molar-refractivity contribution in [2.24, 2.45) is 22.9 Å². The fourth-order valence-corrected chi connectivity index (χ4v) is 5.03. The molecule has 3 heterocycles. The molecule has 7 nitrogen and oxygen atoms in total. The van der Waals surface area contributed by atoms with E-state index in [1.807, 2.05) is 24.4 Å². The predicted octanol–water partition coefficient (Wildman–Crippen LogP) is 3.45. The standard InChI is InChI=1S/C22H22N6O/c1-23-20-11-21(25-14-24-20)27-12-17-9-16(10-18(17)13-27)22(29)28-19(7-8-26-28)15-5-3-2-4-6-15/h2-6,8,11,14,16-19H,7,9-10,12-13H2/t16?,17-,18+,19-/m1/s1. The van der Waals surface area contributed by atoms with Crippen molar-refractivity contribution in [2.45, 2.75) is 25.3 Å². The molecule has 146 valence electrons. The first-order valence-electron chi connectivity index (χ1n) is 10.1. The third-order valence-electron chi connectivity index (χ3n) is 6.42. The Balaban J connectivity index is 1.25. The molecular formula is C22H22N6O. The smallest absolute Gasteiger partial charge is 0.274 e. The monoisotopic (exact) mass is 386 g/mol. The maximum absolute atomic E-state index is 13.2. The molecule has 2 aromatic rings. The van der Waals surface area contributed by atoms with E-state index in [1.54, 1.807) is 11.1 Å². The molecule has 1 unspecified atom stereocenters. The van der Waals surface area contributed by atoms with E-state index >= 15 is 0 Å². The fourth-order valence-electron chi connectivity index (χ4n) is 5.03. The van der Waals surface area contributed by atoms with E-state index in [1.165, 1.54) is 6.33 Å². The third kappa shape index (κ3) is 3.25. The predicted molar refractivity (Wildman–Crippen MR) is 109 cm³/mol. The quantitative estimate of drug-likeness (QED) is 0.758. The van der Waals surface area contributed by atoms with Crippen molar-refractivity contribution in [1.29, 1.82) is 0 Å². The molecule has 0 radical (unpaired) electrons. The van der Waals surface area contributed by atoms with Gasteiger partial charge in [-0.15, -0.1) is 4.98 Å². The highest BCUT2D eigenvalue weighted by molar-refractivity contribution is 5.82. The molecule has 1 saturated heterocycles. The van der Waals surface area contributed by atoms with Gasteiger partial charge in [0.05, 0.1) is 6.04 Å². The van der Waals surface area contributed by atoms with Crippen molar-refractivity contribution in [3.63, 3.8) is 0 Å². The maximum Gasteiger partial charge on any atom is 0.274 e. The van der Waals surface area contributed by atoms with Crippen LogP contribution in [0.5, 0.6) is 0 Å². The molecule has 3 aliphatic rings. The highest BCUT2D eigenvalue weighted by atomic mass is 16.2. The summed E-state index contributed by atoms with van der Waals surface area (Å²) in [6.07, 6.45) is 5.89. The average Bonchev–Trinajstić information content (AvgIpc) is 3.48. The van der Waals surface area contributed by atoms with Gasteiger partial charge in [0.2, 0.25) is 12.2 Å². The molecule has 0 N–H and O–H groups in total. The molecule has 1 aromatic heterocycles. The van der Waals surface area contributed by atoms with Crippen LogP contribution in [0.15, 0.2) is 47.8 Å². The number of benzene rings is 1. The highest BCUT2D eigenvalue weighted by Gasteiger charge is 2.46. The van der Waals surface area contributed by atoms with Gasteiger partial charge in [-0.3, -0.25) is 4.79 Å². The summed E-state index contributed by atoms with van der Waals surface area (Å²) in [6.45, 7) is 8.90. The molecule has 1 saturated carbocycles. The maximum atomic E-state index is 13.2.